The van der Waals surface area contributed by atoms with E-state index in [1.54, 1.807) is 78.9 Å². The molecule has 8 nitrogen and oxygen atoms in total. The lowest BCUT2D eigenvalue weighted by atomic mass is 10.00. The summed E-state index contributed by atoms with van der Waals surface area (Å²) in [4.78, 5) is 53.8. The first-order valence-electron chi connectivity index (χ1n) is 34.8. The Morgan fingerprint density at radius 2 is 0.533 bits per heavy atom. The van der Waals surface area contributed by atoms with Gasteiger partial charge in [-0.15, -0.1) is 0 Å². The van der Waals surface area contributed by atoms with Gasteiger partial charge in [0.05, 0.1) is 22.3 Å². The maximum atomic E-state index is 13.6. The lowest BCUT2D eigenvalue weighted by Gasteiger charge is -2.13. The highest BCUT2D eigenvalue weighted by Crippen LogP contribution is 2.29. The Morgan fingerprint density at radius 3 is 0.833 bits per heavy atom. The molecule has 8 heteroatoms. The summed E-state index contributed by atoms with van der Waals surface area (Å²) >= 11 is 0. The van der Waals surface area contributed by atoms with E-state index in [1.807, 2.05) is 38.1 Å². The molecule has 0 aliphatic heterocycles. The number of rotatable bonds is 42. The molecule has 0 N–H and O–H groups in total. The van der Waals surface area contributed by atoms with E-state index in [-0.39, 0.29) is 11.5 Å². The second kappa shape index (κ2) is 40.2. The van der Waals surface area contributed by atoms with Gasteiger partial charge in [-0.1, -0.05) is 273 Å². The second-order valence-electron chi connectivity index (χ2n) is 24.6. The Bertz CT molecular complexity index is 3020. The van der Waals surface area contributed by atoms with Crippen molar-refractivity contribution in [3.63, 3.8) is 0 Å². The lowest BCUT2D eigenvalue weighted by Crippen LogP contribution is -2.14. The van der Waals surface area contributed by atoms with Crippen LogP contribution in [0.5, 0.6) is 23.0 Å². The van der Waals surface area contributed by atoms with Gasteiger partial charge in [-0.25, -0.2) is 19.2 Å². The van der Waals surface area contributed by atoms with Crippen molar-refractivity contribution in [3.05, 3.63) is 202 Å². The van der Waals surface area contributed by atoms with Gasteiger partial charge in [0.1, 0.15) is 23.0 Å². The Kier molecular flexibility index (Phi) is 31.2. The number of hydrogen-bond donors (Lipinski definition) is 0. The van der Waals surface area contributed by atoms with Crippen LogP contribution in [0.25, 0.3) is 22.3 Å². The van der Waals surface area contributed by atoms with Gasteiger partial charge in [0.2, 0.25) is 0 Å². The highest BCUT2D eigenvalue weighted by atomic mass is 16.6. The van der Waals surface area contributed by atoms with Gasteiger partial charge in [-0.2, -0.15) is 0 Å². The minimum Gasteiger partial charge on any atom is -0.423 e. The summed E-state index contributed by atoms with van der Waals surface area (Å²) in [7, 11) is 0. The topological polar surface area (TPSA) is 105 Å². The van der Waals surface area contributed by atoms with E-state index in [0.717, 1.165) is 35.1 Å². The van der Waals surface area contributed by atoms with Crippen LogP contribution >= 0.6 is 0 Å². The maximum absolute atomic E-state index is 13.6. The highest BCUT2D eigenvalue weighted by Gasteiger charge is 2.20. The molecule has 7 aromatic carbocycles. The molecule has 0 heterocycles. The zero-order valence-corrected chi connectivity index (χ0v) is 54.9. The average molecular weight is 1220 g/mol. The highest BCUT2D eigenvalue weighted by molar-refractivity contribution is 5.96. The summed E-state index contributed by atoms with van der Waals surface area (Å²) in [5.74, 6) is -1.26. The zero-order chi connectivity index (χ0) is 63.4. The Labute approximate surface area is 539 Å². The van der Waals surface area contributed by atoms with Crippen LogP contribution in [0.3, 0.4) is 0 Å². The van der Waals surface area contributed by atoms with Crippen LogP contribution in [0.2, 0.25) is 0 Å². The molecule has 0 unspecified atom stereocenters. The summed E-state index contributed by atoms with van der Waals surface area (Å²) in [6.45, 7) is 8.37. The van der Waals surface area contributed by atoms with Crippen molar-refractivity contribution in [1.82, 2.24) is 0 Å². The zero-order valence-electron chi connectivity index (χ0n) is 54.9. The molecule has 0 atom stereocenters. The van der Waals surface area contributed by atoms with Gasteiger partial charge in [-0.3, -0.25) is 0 Å². The third-order valence-electron chi connectivity index (χ3n) is 17.5. The first-order chi connectivity index (χ1) is 44.1. The van der Waals surface area contributed by atoms with Gasteiger partial charge in [0.25, 0.3) is 0 Å². The van der Waals surface area contributed by atoms with Crippen molar-refractivity contribution < 1.29 is 38.1 Å². The fourth-order valence-corrected chi connectivity index (χ4v) is 11.9. The van der Waals surface area contributed by atoms with Crippen LogP contribution < -0.4 is 18.9 Å². The first kappa shape index (κ1) is 69.9. The smallest absolute Gasteiger partial charge is 0.343 e. The van der Waals surface area contributed by atoms with E-state index in [9.17, 15) is 19.2 Å². The van der Waals surface area contributed by atoms with E-state index < -0.39 is 23.9 Å². The molecular weight excluding hydrogens is 1110 g/mol. The minimum absolute atomic E-state index is 0.178. The number of hydrogen-bond acceptors (Lipinski definition) is 8. The van der Waals surface area contributed by atoms with E-state index >= 15 is 0 Å². The van der Waals surface area contributed by atoms with Crippen LogP contribution in [0.4, 0.5) is 0 Å². The predicted octanol–water partition coefficient (Wildman–Crippen LogP) is 23.1. The van der Waals surface area contributed by atoms with E-state index in [2.05, 4.69) is 62.4 Å². The normalized spacial score (nSPS) is 11.2. The third kappa shape index (κ3) is 24.3. The van der Waals surface area contributed by atoms with E-state index in [1.165, 1.54) is 197 Å². The molecule has 0 saturated carbocycles. The quantitative estimate of drug-likeness (QED) is 0.0212. The van der Waals surface area contributed by atoms with Gasteiger partial charge in [-0.05, 0) is 156 Å². The van der Waals surface area contributed by atoms with Gasteiger partial charge in [0.15, 0.2) is 0 Å². The van der Waals surface area contributed by atoms with Crippen molar-refractivity contribution >= 4 is 23.9 Å². The van der Waals surface area contributed by atoms with Crippen LogP contribution in [0.15, 0.2) is 158 Å². The maximum Gasteiger partial charge on any atom is 0.343 e. The molecular formula is C82H102O8. The van der Waals surface area contributed by atoms with Crippen molar-refractivity contribution in [1.29, 1.82) is 0 Å². The molecule has 0 saturated heterocycles. The second-order valence-corrected chi connectivity index (χ2v) is 24.6. The monoisotopic (exact) mass is 1210 g/mol. The van der Waals surface area contributed by atoms with Crippen molar-refractivity contribution in [2.75, 3.05) is 0 Å². The molecule has 0 fully saturated rings. The molecule has 0 bridgehead atoms. The summed E-state index contributed by atoms with van der Waals surface area (Å²) < 4.78 is 23.2. The number of aryl methyl sites for hydroxylation is 4. The number of ether oxygens (including phenoxy) is 4. The molecule has 0 aliphatic rings. The standard InChI is InChI=1S/C82H102O8/c1-5-9-11-13-15-17-19-21-23-25-27-29-31-33-36-63-40-44-67(45-41-63)69-48-52-71(53-49-69)79(83)87-75-56-58-77(65(7-3)60-75)81(85)89-73-38-35-39-74(62-73)90-82(86)78-59-57-76(61-66(78)8-4)88-80(84)72-54-50-70(51-55-72)68-46-42-64(43-47-68)37-34-32-30-28-26-24-22-20-18-16-14-12-10-6-2/h35,38-62H,5-34,36-37H2,1-4H3. The molecule has 0 aromatic heterocycles. The Morgan fingerprint density at radius 1 is 0.267 bits per heavy atom. The Balaban J connectivity index is 0.803. The van der Waals surface area contributed by atoms with Crippen LogP contribution in [0, 0.1) is 0 Å². The molecule has 0 spiro atoms. The number of carbonyl (C=O) groups excluding carboxylic acids is 4. The number of carbonyl (C=O) groups is 4. The molecule has 0 amide bonds. The van der Waals surface area contributed by atoms with Gasteiger partial charge < -0.3 is 18.9 Å². The SMILES string of the molecule is CCCCCCCCCCCCCCCCc1ccc(-c2ccc(C(=O)Oc3ccc(C(=O)Oc4cccc(OC(=O)c5ccc(OC(=O)c6ccc(-c7ccc(CCCCCCCCCCCCCCCC)cc7)cc6)cc5CC)c4)c(CC)c3)cc2)cc1. The minimum atomic E-state index is -0.615. The molecule has 0 radical (unpaired) electrons. The van der Waals surface area contributed by atoms with Crippen molar-refractivity contribution in [3.8, 4) is 45.3 Å². The van der Waals surface area contributed by atoms with Crippen LogP contribution in [-0.4, -0.2) is 23.9 Å². The number of benzene rings is 7. The van der Waals surface area contributed by atoms with E-state index in [0.29, 0.717) is 57.7 Å². The largest absolute Gasteiger partial charge is 0.423 e. The molecule has 7 aromatic rings. The Hall–Kier alpha value is -7.58. The predicted molar refractivity (Wildman–Crippen MR) is 370 cm³/mol. The summed E-state index contributed by atoms with van der Waals surface area (Å²) in [5, 5.41) is 0. The summed E-state index contributed by atoms with van der Waals surface area (Å²) in [5.41, 5.74) is 9.65. The third-order valence-corrected chi connectivity index (χ3v) is 17.5. The van der Waals surface area contributed by atoms with Crippen molar-refractivity contribution in [2.24, 2.45) is 0 Å². The lowest BCUT2D eigenvalue weighted by molar-refractivity contribution is 0.0722. The molecule has 7 rings (SSSR count). The number of unbranched alkanes of at least 4 members (excludes halogenated alkanes) is 26. The van der Waals surface area contributed by atoms with E-state index in [4.69, 9.17) is 18.9 Å². The molecule has 0 aliphatic carbocycles. The van der Waals surface area contributed by atoms with Crippen molar-refractivity contribution in [2.45, 2.75) is 233 Å². The fraction of sp³-hybridized carbons (Fsp3) is 0.439. The summed E-state index contributed by atoms with van der Waals surface area (Å²) in [6.07, 6.45) is 41.3. The first-order valence-corrected chi connectivity index (χ1v) is 34.8. The number of esters is 4. The average Bonchev–Trinajstić information content (AvgIpc) is 2.63. The fourth-order valence-electron chi connectivity index (χ4n) is 11.9. The van der Waals surface area contributed by atoms with Crippen LogP contribution in [-0.2, 0) is 25.7 Å². The molecule has 90 heavy (non-hydrogen) atoms. The van der Waals surface area contributed by atoms with Gasteiger partial charge >= 0.3 is 23.9 Å². The molecule has 478 valence electrons. The summed E-state index contributed by atoms with van der Waals surface area (Å²) in [6, 6.07) is 48.3. The van der Waals surface area contributed by atoms with Crippen LogP contribution in [0.1, 0.15) is 271 Å². The van der Waals surface area contributed by atoms with Gasteiger partial charge in [0, 0.05) is 6.07 Å².